The van der Waals surface area contributed by atoms with Crippen molar-refractivity contribution in [3.63, 3.8) is 0 Å². The van der Waals surface area contributed by atoms with Crippen LogP contribution in [-0.2, 0) is 54.0 Å². The minimum atomic E-state index is -1.01. The summed E-state index contributed by atoms with van der Waals surface area (Å²) in [5.74, 6) is 3.57. The summed E-state index contributed by atoms with van der Waals surface area (Å²) >= 11 is 12.5. The summed E-state index contributed by atoms with van der Waals surface area (Å²) in [5, 5.41) is 39.3. The highest BCUT2D eigenvalue weighted by atomic mass is 79.9. The molecule has 6 aliphatic rings. The highest BCUT2D eigenvalue weighted by molar-refractivity contribution is 9.10. The monoisotopic (exact) mass is 1540 g/mol. The summed E-state index contributed by atoms with van der Waals surface area (Å²) < 4.78 is 10.8. The first-order chi connectivity index (χ1) is 49.4. The molecular formula is C72H84BBr2ClN22O5. The highest BCUT2D eigenvalue weighted by Crippen LogP contribution is 2.46. The summed E-state index contributed by atoms with van der Waals surface area (Å²) in [4.78, 5) is 81.3. The Kier molecular flexibility index (Phi) is 22.2. The Balaban J connectivity index is 0.000000127. The maximum Gasteiger partial charge on any atom is 0.235 e. The highest BCUT2D eigenvalue weighted by Gasteiger charge is 2.47. The average Bonchev–Trinajstić information content (AvgIpc) is 1.65. The van der Waals surface area contributed by atoms with Crippen molar-refractivity contribution in [1.29, 1.82) is 0 Å². The molecule has 3 aromatic carbocycles. The maximum absolute atomic E-state index is 12.7. The van der Waals surface area contributed by atoms with Crippen LogP contribution in [-0.4, -0.2) is 164 Å². The molecule has 31 heteroatoms. The second-order valence-electron chi connectivity index (χ2n) is 27.4. The Hall–Kier alpha value is -9.07. The van der Waals surface area contributed by atoms with E-state index in [4.69, 9.17) is 34.6 Å². The molecule has 3 fully saturated rings. The average molecular weight is 1540 g/mol. The van der Waals surface area contributed by atoms with Gasteiger partial charge in [0.1, 0.15) is 38.2 Å². The Bertz CT molecular complexity index is 4850. The van der Waals surface area contributed by atoms with Gasteiger partial charge in [-0.15, -0.1) is 0 Å². The standard InChI is InChI=1S/C24H26N8O.C19H19BrN6O.C12H14N2O.C6H4BrClN4.C6H14O2.C5H7BN2/c1-3-32-13-16(12-27-32)21-29-20-22(30(21)2)25-14-26-23(20)31-10-8-15(9-11-31)19-17-6-4-5-7-18(17)28-24(19)33;1-25-16-15(24-19(25)20)17(22-10-21-16)26-8-6-11(7-9-26)14-12-4-2-3-5-13(12)23-18(14)27;15-11-12(5-7-13-8-6-12)9-3-1-2-4-10(9)14-11;1-12-5-3(11-6(12)7)4(8)9-2-10-5;1-5(2,7)6(3,4)8;1-2-8-4-5(6)3-7-8/h4-7,12-15,19H,3,8-11H2,1-2H3,(H,28,33);2-5,10-11,14H,6-9H2,1H3,(H,23,27);1-4,13H,5-8H2,(H,14,15);2H,1H3;7-8H,1-4H3;3-4H,2H2,1H3. The number of fused-ring (bicyclic) bond motifs is 7. The summed E-state index contributed by atoms with van der Waals surface area (Å²) in [6.45, 7) is 17.3. The molecule has 6 N–H and O–H groups in total. The summed E-state index contributed by atoms with van der Waals surface area (Å²) in [7, 11) is 11.1. The molecule has 1 spiro atoms. The van der Waals surface area contributed by atoms with Gasteiger partial charge in [0.15, 0.2) is 54.2 Å². The topological polar surface area (TPSA) is 313 Å². The molecule has 0 aliphatic carbocycles. The summed E-state index contributed by atoms with van der Waals surface area (Å²) in [6, 6.07) is 24.2. The molecule has 0 bridgehead atoms. The lowest BCUT2D eigenvalue weighted by atomic mass is 9.74. The number of hydrogen-bond donors (Lipinski definition) is 6. The zero-order valence-corrected chi connectivity index (χ0v) is 63.0. The molecule has 27 nitrogen and oxygen atoms in total. The Morgan fingerprint density at radius 3 is 1.50 bits per heavy atom. The Morgan fingerprint density at radius 1 is 0.573 bits per heavy atom. The van der Waals surface area contributed by atoms with Crippen LogP contribution in [0.25, 0.3) is 44.9 Å². The number of amides is 3. The lowest BCUT2D eigenvalue weighted by molar-refractivity contribution is -0.122. The Morgan fingerprint density at radius 2 is 1.02 bits per heavy atom. The van der Waals surface area contributed by atoms with Crippen molar-refractivity contribution in [3.8, 4) is 11.4 Å². The van der Waals surface area contributed by atoms with Crippen LogP contribution in [0.2, 0.25) is 5.15 Å². The fourth-order valence-corrected chi connectivity index (χ4v) is 14.7. The minimum absolute atomic E-state index is 0.0437. The van der Waals surface area contributed by atoms with Gasteiger partial charge in [-0.2, -0.15) is 10.2 Å². The number of rotatable bonds is 8. The van der Waals surface area contributed by atoms with E-state index in [0.29, 0.717) is 27.2 Å². The molecule has 0 saturated carbocycles. The quantitative estimate of drug-likeness (QED) is 0.0468. The molecule has 2 unspecified atom stereocenters. The first-order valence-electron chi connectivity index (χ1n) is 34.5. The number of halogens is 3. The van der Waals surface area contributed by atoms with Crippen LogP contribution in [0.15, 0.2) is 126 Å². The van der Waals surface area contributed by atoms with E-state index in [1.165, 1.54) is 11.9 Å². The largest absolute Gasteiger partial charge is 0.387 e. The number of carbonyl (C=O) groups is 3. The van der Waals surface area contributed by atoms with Crippen molar-refractivity contribution in [2.45, 2.75) is 122 Å². The van der Waals surface area contributed by atoms with Crippen molar-refractivity contribution < 1.29 is 24.6 Å². The number of aryl methyl sites for hydroxylation is 5. The number of aromatic nitrogens is 16. The van der Waals surface area contributed by atoms with E-state index in [9.17, 15) is 14.4 Å². The molecule has 3 saturated heterocycles. The molecule has 3 amide bonds. The van der Waals surface area contributed by atoms with Crippen molar-refractivity contribution in [2.75, 3.05) is 65.0 Å². The Labute approximate surface area is 619 Å². The predicted molar refractivity (Wildman–Crippen MR) is 406 cm³/mol. The van der Waals surface area contributed by atoms with Gasteiger partial charge in [-0.1, -0.05) is 71.7 Å². The first kappa shape index (κ1) is 73.7. The van der Waals surface area contributed by atoms with E-state index in [2.05, 4.69) is 138 Å². The molecule has 103 heavy (non-hydrogen) atoms. The second kappa shape index (κ2) is 31.1. The van der Waals surface area contributed by atoms with Crippen LogP contribution in [0.4, 0.5) is 28.7 Å². The third-order valence-electron chi connectivity index (χ3n) is 20.3. The molecular weight excluding hydrogens is 1460 g/mol. The van der Waals surface area contributed by atoms with Gasteiger partial charge in [0.2, 0.25) is 17.7 Å². The van der Waals surface area contributed by atoms with Crippen molar-refractivity contribution >= 4 is 137 Å². The van der Waals surface area contributed by atoms with Crippen molar-refractivity contribution in [2.24, 2.45) is 33.0 Å². The van der Waals surface area contributed by atoms with E-state index in [1.54, 1.807) is 62.0 Å². The molecule has 2 radical (unpaired) electrons. The van der Waals surface area contributed by atoms with Gasteiger partial charge >= 0.3 is 0 Å². The minimum Gasteiger partial charge on any atom is -0.387 e. The van der Waals surface area contributed by atoms with Crippen LogP contribution in [0.1, 0.15) is 109 Å². The third-order valence-corrected chi connectivity index (χ3v) is 22.0. The maximum atomic E-state index is 12.7. The molecule has 17 rings (SSSR count). The number of nitrogens with zero attached hydrogens (tertiary/aromatic N) is 18. The molecule has 14 heterocycles. The van der Waals surface area contributed by atoms with Crippen LogP contribution in [0.3, 0.4) is 0 Å². The number of aliphatic hydroxyl groups is 2. The number of piperidine rings is 3. The van der Waals surface area contributed by atoms with E-state index < -0.39 is 11.2 Å². The SMILES string of the molecule is CC(C)(O)C(C)(C)O.CCn1cc(-c2nc3c(N4CCC(C5C(=O)Nc6ccccc65)CC4)ncnc3n2C)cn1.Cn1c(Br)nc2c(Cl)ncnc21.Cn1c(Br)nc2c(N3CCC(C4C(=O)Nc5ccccc54)CC3)ncnc21.O=C1Nc2ccccc2C12CCNCC2.[B]c1cnn(CC)c1. The van der Waals surface area contributed by atoms with E-state index in [-0.39, 0.29) is 35.0 Å². The second-order valence-corrected chi connectivity index (χ2v) is 29.1. The number of carbonyl (C=O) groups excluding carboxylic acids is 3. The fourth-order valence-electron chi connectivity index (χ4n) is 13.8. The lowest BCUT2D eigenvalue weighted by Crippen LogP contribution is -2.44. The van der Waals surface area contributed by atoms with Gasteiger partial charge < -0.3 is 55.0 Å². The number of para-hydroxylation sites is 3. The molecule has 11 aromatic rings. The zero-order valence-electron chi connectivity index (χ0n) is 59.1. The molecule has 536 valence electrons. The normalized spacial score (nSPS) is 17.7. The van der Waals surface area contributed by atoms with Crippen LogP contribution < -0.4 is 36.5 Å². The van der Waals surface area contributed by atoms with Gasteiger partial charge in [0.05, 0.1) is 40.2 Å². The summed E-state index contributed by atoms with van der Waals surface area (Å²) in [6.07, 6.45) is 17.5. The van der Waals surface area contributed by atoms with Gasteiger partial charge in [0.25, 0.3) is 0 Å². The smallest absolute Gasteiger partial charge is 0.235 e. The van der Waals surface area contributed by atoms with E-state index in [0.717, 1.165) is 180 Å². The van der Waals surface area contributed by atoms with E-state index in [1.807, 2.05) is 109 Å². The molecule has 8 aromatic heterocycles. The van der Waals surface area contributed by atoms with Gasteiger partial charge in [-0.25, -0.2) is 44.9 Å². The predicted octanol–water partition coefficient (Wildman–Crippen LogP) is 9.54. The van der Waals surface area contributed by atoms with Gasteiger partial charge in [-0.3, -0.25) is 23.7 Å². The lowest BCUT2D eigenvalue weighted by Gasteiger charge is -2.34. The number of nitrogens with one attached hydrogen (secondary N) is 4. The van der Waals surface area contributed by atoms with Gasteiger partial charge in [-0.05, 0) is 172 Å². The first-order valence-corrected chi connectivity index (χ1v) is 36.5. The van der Waals surface area contributed by atoms with Crippen LogP contribution >= 0.6 is 43.5 Å². The van der Waals surface area contributed by atoms with Crippen molar-refractivity contribution in [1.82, 2.24) is 83.4 Å². The molecule has 2 atom stereocenters. The van der Waals surface area contributed by atoms with Crippen LogP contribution in [0, 0.1) is 11.8 Å². The number of imidazole rings is 3. The van der Waals surface area contributed by atoms with Crippen LogP contribution in [0.5, 0.6) is 0 Å². The zero-order chi connectivity index (χ0) is 73.1. The number of benzene rings is 3. The number of anilines is 5. The van der Waals surface area contributed by atoms with Gasteiger partial charge in [0, 0.05) is 96.1 Å². The van der Waals surface area contributed by atoms with E-state index >= 15 is 0 Å². The summed E-state index contributed by atoms with van der Waals surface area (Å²) in [5.41, 5.74) is 10.4. The number of hydrogen-bond acceptors (Lipinski definition) is 19. The fraction of sp³-hybridized carbons (Fsp3) is 0.417. The van der Waals surface area contributed by atoms with Crippen molar-refractivity contribution in [3.05, 3.63) is 148 Å². The molecule has 6 aliphatic heterocycles. The third kappa shape index (κ3) is 15.5.